The van der Waals surface area contributed by atoms with Gasteiger partial charge in [0.15, 0.2) is 18.5 Å². The number of ether oxygens (including phenoxy) is 4. The molecule has 4 rings (SSSR count). The molecule has 0 radical (unpaired) electrons. The van der Waals surface area contributed by atoms with Crippen molar-refractivity contribution in [3.63, 3.8) is 0 Å². The van der Waals surface area contributed by atoms with Gasteiger partial charge in [-0.2, -0.15) is 0 Å². The van der Waals surface area contributed by atoms with Crippen LogP contribution in [0.1, 0.15) is 31.1 Å². The molecule has 34 heavy (non-hydrogen) atoms. The lowest BCUT2D eigenvalue weighted by Crippen LogP contribution is -2.42. The van der Waals surface area contributed by atoms with Gasteiger partial charge in [-0.25, -0.2) is 14.4 Å². The molecule has 1 saturated heterocycles. The van der Waals surface area contributed by atoms with Gasteiger partial charge < -0.3 is 24.1 Å². The number of aliphatic hydroxyl groups is 1. The van der Waals surface area contributed by atoms with E-state index in [1.54, 1.807) is 91.0 Å². The summed E-state index contributed by atoms with van der Waals surface area (Å²) in [6.07, 6.45) is -5.22. The van der Waals surface area contributed by atoms with E-state index in [4.69, 9.17) is 18.9 Å². The second-order valence-electron chi connectivity index (χ2n) is 7.50. The van der Waals surface area contributed by atoms with Crippen molar-refractivity contribution in [3.05, 3.63) is 108 Å². The zero-order chi connectivity index (χ0) is 23.9. The Balaban J connectivity index is 1.51. The van der Waals surface area contributed by atoms with Gasteiger partial charge in [0.05, 0.1) is 16.7 Å². The van der Waals surface area contributed by atoms with Crippen molar-refractivity contribution in [1.82, 2.24) is 0 Å². The monoisotopic (exact) mass is 462 g/mol. The smallest absolute Gasteiger partial charge is 0.338 e. The second-order valence-corrected chi connectivity index (χ2v) is 7.50. The fraction of sp³-hybridized carbons (Fsp3) is 0.192. The van der Waals surface area contributed by atoms with Crippen molar-refractivity contribution in [2.45, 2.75) is 24.6 Å². The van der Waals surface area contributed by atoms with E-state index in [1.165, 1.54) is 0 Å². The zero-order valence-electron chi connectivity index (χ0n) is 18.0. The number of aliphatic hydroxyl groups excluding tert-OH is 1. The van der Waals surface area contributed by atoms with Gasteiger partial charge in [-0.1, -0.05) is 54.6 Å². The molecule has 3 aromatic rings. The van der Waals surface area contributed by atoms with Crippen LogP contribution >= 0.6 is 0 Å². The molecule has 4 atom stereocenters. The molecule has 1 aliphatic rings. The molecular formula is C26H22O8. The molecule has 0 bridgehead atoms. The fourth-order valence-corrected chi connectivity index (χ4v) is 3.46. The van der Waals surface area contributed by atoms with E-state index in [-0.39, 0.29) is 17.7 Å². The van der Waals surface area contributed by atoms with Gasteiger partial charge in [0.25, 0.3) is 0 Å². The van der Waals surface area contributed by atoms with Gasteiger partial charge in [-0.15, -0.1) is 0 Å². The highest BCUT2D eigenvalue weighted by molar-refractivity contribution is 5.90. The van der Waals surface area contributed by atoms with Crippen molar-refractivity contribution in [2.24, 2.45) is 0 Å². The highest BCUT2D eigenvalue weighted by Gasteiger charge is 2.50. The predicted octanol–water partition coefficient (Wildman–Crippen LogP) is 3.01. The Bertz CT molecular complexity index is 1120. The van der Waals surface area contributed by atoms with Crippen molar-refractivity contribution in [1.29, 1.82) is 0 Å². The van der Waals surface area contributed by atoms with Crippen LogP contribution in [-0.4, -0.2) is 54.2 Å². The van der Waals surface area contributed by atoms with Crippen molar-refractivity contribution in [2.75, 3.05) is 6.61 Å². The minimum atomic E-state index is -1.60. The summed E-state index contributed by atoms with van der Waals surface area (Å²) < 4.78 is 21.8. The number of rotatable bonds is 7. The zero-order valence-corrected chi connectivity index (χ0v) is 18.0. The van der Waals surface area contributed by atoms with Crippen LogP contribution in [0.15, 0.2) is 91.0 Å². The maximum Gasteiger partial charge on any atom is 0.338 e. The summed E-state index contributed by atoms with van der Waals surface area (Å²) in [7, 11) is 0. The summed E-state index contributed by atoms with van der Waals surface area (Å²) >= 11 is 0. The Hall–Kier alpha value is -4.01. The first-order chi connectivity index (χ1) is 16.5. The van der Waals surface area contributed by atoms with Gasteiger partial charge >= 0.3 is 17.9 Å². The third-order valence-corrected chi connectivity index (χ3v) is 5.18. The quantitative estimate of drug-likeness (QED) is 0.422. The van der Waals surface area contributed by atoms with Gasteiger partial charge in [-0.05, 0) is 36.4 Å². The fourth-order valence-electron chi connectivity index (χ4n) is 3.46. The normalized spacial score (nSPS) is 21.4. The van der Waals surface area contributed by atoms with Crippen LogP contribution in [0.4, 0.5) is 0 Å². The van der Waals surface area contributed by atoms with E-state index in [9.17, 15) is 19.5 Å². The molecule has 8 heteroatoms. The maximum absolute atomic E-state index is 12.7. The van der Waals surface area contributed by atoms with Crippen molar-refractivity contribution < 1.29 is 38.4 Å². The lowest BCUT2D eigenvalue weighted by Gasteiger charge is -2.23. The first-order valence-electron chi connectivity index (χ1n) is 10.6. The number of hydrogen-bond donors (Lipinski definition) is 1. The standard InChI is InChI=1S/C26H22O8/c27-23(17-10-4-1-5-11-17)31-16-20-21(33-24(28)18-12-6-2-7-13-18)22(26(30)32-20)34-25(29)19-14-8-3-9-15-19/h1-15,20-22,26,30H,16H2/t20-,21+,22-,26?/m0/s1. The highest BCUT2D eigenvalue weighted by Crippen LogP contribution is 2.28. The molecule has 3 aromatic carbocycles. The minimum absolute atomic E-state index is 0.252. The molecule has 1 fully saturated rings. The van der Waals surface area contributed by atoms with E-state index in [0.29, 0.717) is 5.56 Å². The number of hydrogen-bond acceptors (Lipinski definition) is 8. The van der Waals surface area contributed by atoms with E-state index in [1.807, 2.05) is 0 Å². The minimum Gasteiger partial charge on any atom is -0.459 e. The summed E-state index contributed by atoms with van der Waals surface area (Å²) in [4.78, 5) is 37.6. The third kappa shape index (κ3) is 5.48. The van der Waals surface area contributed by atoms with Crippen LogP contribution in [-0.2, 0) is 18.9 Å². The summed E-state index contributed by atoms with van der Waals surface area (Å²) in [6, 6.07) is 24.7. The first kappa shape index (κ1) is 23.2. The van der Waals surface area contributed by atoms with Gasteiger partial charge in [-0.3, -0.25) is 0 Å². The summed E-state index contributed by atoms with van der Waals surface area (Å²) in [5, 5.41) is 10.5. The number of carbonyl (C=O) groups is 3. The van der Waals surface area contributed by atoms with Crippen LogP contribution in [0, 0.1) is 0 Å². The van der Waals surface area contributed by atoms with Gasteiger partial charge in [0.2, 0.25) is 0 Å². The second kappa shape index (κ2) is 10.7. The van der Waals surface area contributed by atoms with E-state index >= 15 is 0 Å². The molecule has 0 saturated carbocycles. The molecule has 1 heterocycles. The Morgan fingerprint density at radius 1 is 0.647 bits per heavy atom. The van der Waals surface area contributed by atoms with E-state index in [0.717, 1.165) is 0 Å². The van der Waals surface area contributed by atoms with Gasteiger partial charge in [0, 0.05) is 0 Å². The number of carbonyl (C=O) groups excluding carboxylic acids is 3. The Labute approximate surface area is 195 Å². The average Bonchev–Trinajstić information content (AvgIpc) is 3.17. The SMILES string of the molecule is O=C(OC[C@@H]1OC(O)[C@@H](OC(=O)c2ccccc2)[C@@H]1OC(=O)c1ccccc1)c1ccccc1. The molecule has 8 nitrogen and oxygen atoms in total. The van der Waals surface area contributed by atoms with E-state index < -0.39 is 42.5 Å². The van der Waals surface area contributed by atoms with Crippen molar-refractivity contribution in [3.8, 4) is 0 Å². The molecule has 0 spiro atoms. The summed E-state index contributed by atoms with van der Waals surface area (Å²) in [5.41, 5.74) is 0.838. The summed E-state index contributed by atoms with van der Waals surface area (Å²) in [6.45, 7) is -0.336. The van der Waals surface area contributed by atoms with Crippen LogP contribution < -0.4 is 0 Å². The molecule has 1 aliphatic heterocycles. The van der Waals surface area contributed by atoms with Gasteiger partial charge in [0.1, 0.15) is 12.7 Å². The topological polar surface area (TPSA) is 108 Å². The number of benzene rings is 3. The van der Waals surface area contributed by atoms with Crippen LogP contribution in [0.2, 0.25) is 0 Å². The maximum atomic E-state index is 12.7. The first-order valence-corrected chi connectivity index (χ1v) is 10.6. The molecule has 0 amide bonds. The molecule has 0 aromatic heterocycles. The lowest BCUT2D eigenvalue weighted by atomic mass is 10.1. The molecule has 0 aliphatic carbocycles. The summed E-state index contributed by atoms with van der Waals surface area (Å²) in [5.74, 6) is -2.05. The molecule has 174 valence electrons. The molecule has 1 unspecified atom stereocenters. The van der Waals surface area contributed by atoms with Crippen LogP contribution in [0.3, 0.4) is 0 Å². The average molecular weight is 462 g/mol. The highest BCUT2D eigenvalue weighted by atomic mass is 16.7. The van der Waals surface area contributed by atoms with E-state index in [2.05, 4.69) is 0 Å². The lowest BCUT2D eigenvalue weighted by molar-refractivity contribution is -0.135. The molecule has 1 N–H and O–H groups in total. The van der Waals surface area contributed by atoms with Crippen LogP contribution in [0.25, 0.3) is 0 Å². The molecular weight excluding hydrogens is 440 g/mol. The number of esters is 3. The third-order valence-electron chi connectivity index (χ3n) is 5.18. The Kier molecular flexibility index (Phi) is 7.31. The predicted molar refractivity (Wildman–Crippen MR) is 119 cm³/mol. The van der Waals surface area contributed by atoms with Crippen LogP contribution in [0.5, 0.6) is 0 Å². The largest absolute Gasteiger partial charge is 0.459 e. The Morgan fingerprint density at radius 2 is 1.06 bits per heavy atom. The van der Waals surface area contributed by atoms with Crippen molar-refractivity contribution >= 4 is 17.9 Å². The Morgan fingerprint density at radius 3 is 1.53 bits per heavy atom.